The first-order valence-corrected chi connectivity index (χ1v) is 10.5. The van der Waals surface area contributed by atoms with Crippen LogP contribution in [0.4, 0.5) is 0 Å². The van der Waals surface area contributed by atoms with Crippen LogP contribution in [0.15, 0.2) is 79.4 Å². The van der Waals surface area contributed by atoms with Crippen molar-refractivity contribution < 1.29 is 4.79 Å². The molecule has 1 unspecified atom stereocenters. The maximum atomic E-state index is 13.0. The Labute approximate surface area is 184 Å². The zero-order valence-electron chi connectivity index (χ0n) is 17.9. The summed E-state index contributed by atoms with van der Waals surface area (Å²) in [5.41, 5.74) is 4.81. The van der Waals surface area contributed by atoms with E-state index in [1.807, 2.05) is 34.9 Å². The number of allylic oxidation sites excluding steroid dienone is 2. The van der Waals surface area contributed by atoms with Gasteiger partial charge in [-0.1, -0.05) is 75.9 Å². The molecule has 1 heterocycles. The standard InChI is InChI=1S/C26H29ClN2O/c1-6-22(27)18(2)17-29-23-10-8-7-9-20(23)15-24(29)25(30)28-16-19-11-13-21(14-12-19)26(3,4)5/h6-15,22H,1-2,16-17H2,3-5H3,(H,28,30). The average molecular weight is 421 g/mol. The number of para-hydroxylation sites is 1. The molecule has 3 rings (SSSR count). The minimum atomic E-state index is -0.344. The molecule has 1 N–H and O–H groups in total. The number of benzene rings is 2. The first-order chi connectivity index (χ1) is 14.2. The number of rotatable bonds is 7. The highest BCUT2D eigenvalue weighted by Crippen LogP contribution is 2.24. The Morgan fingerprint density at radius 1 is 1.17 bits per heavy atom. The van der Waals surface area contributed by atoms with Crippen molar-refractivity contribution in [1.82, 2.24) is 9.88 Å². The van der Waals surface area contributed by atoms with E-state index < -0.39 is 0 Å². The van der Waals surface area contributed by atoms with E-state index in [-0.39, 0.29) is 16.7 Å². The molecule has 0 bridgehead atoms. The summed E-state index contributed by atoms with van der Waals surface area (Å²) in [7, 11) is 0. The summed E-state index contributed by atoms with van der Waals surface area (Å²) in [6.07, 6.45) is 1.65. The summed E-state index contributed by atoms with van der Waals surface area (Å²) < 4.78 is 1.97. The summed E-state index contributed by atoms with van der Waals surface area (Å²) in [4.78, 5) is 13.0. The highest BCUT2D eigenvalue weighted by molar-refractivity contribution is 6.23. The predicted octanol–water partition coefficient (Wildman–Crippen LogP) is 6.22. The number of hydrogen-bond donors (Lipinski definition) is 1. The molecule has 2 aromatic carbocycles. The van der Waals surface area contributed by atoms with Crippen LogP contribution in [-0.2, 0) is 18.5 Å². The lowest BCUT2D eigenvalue weighted by molar-refractivity contribution is 0.0942. The third kappa shape index (κ3) is 4.85. The number of aromatic nitrogens is 1. The third-order valence-electron chi connectivity index (χ3n) is 5.27. The maximum Gasteiger partial charge on any atom is 0.268 e. The third-order valence-corrected chi connectivity index (χ3v) is 5.76. The Kier molecular flexibility index (Phi) is 6.52. The average Bonchev–Trinajstić information content (AvgIpc) is 3.09. The molecule has 0 aliphatic heterocycles. The highest BCUT2D eigenvalue weighted by atomic mass is 35.5. The topological polar surface area (TPSA) is 34.0 Å². The molecule has 1 atom stereocenters. The van der Waals surface area contributed by atoms with E-state index in [1.165, 1.54) is 5.56 Å². The van der Waals surface area contributed by atoms with E-state index in [2.05, 4.69) is 63.5 Å². The Hall–Kier alpha value is -2.78. The van der Waals surface area contributed by atoms with Gasteiger partial charge >= 0.3 is 0 Å². The van der Waals surface area contributed by atoms with E-state index in [1.54, 1.807) is 6.08 Å². The van der Waals surface area contributed by atoms with Crippen molar-refractivity contribution in [3.05, 3.63) is 96.2 Å². The molecule has 30 heavy (non-hydrogen) atoms. The lowest BCUT2D eigenvalue weighted by Gasteiger charge is -2.19. The van der Waals surface area contributed by atoms with Crippen molar-refractivity contribution in [3.63, 3.8) is 0 Å². The number of fused-ring (bicyclic) bond motifs is 1. The van der Waals surface area contributed by atoms with Crippen LogP contribution in [0, 0.1) is 0 Å². The van der Waals surface area contributed by atoms with Gasteiger partial charge in [-0.05, 0) is 34.2 Å². The minimum absolute atomic E-state index is 0.108. The fraction of sp³-hybridized carbons (Fsp3) is 0.269. The van der Waals surface area contributed by atoms with Crippen LogP contribution in [0.1, 0.15) is 42.4 Å². The Morgan fingerprint density at radius 2 is 1.83 bits per heavy atom. The van der Waals surface area contributed by atoms with Crippen molar-refractivity contribution in [1.29, 1.82) is 0 Å². The Bertz CT molecular complexity index is 1070. The SMILES string of the molecule is C=CC(Cl)C(=C)Cn1c(C(=O)NCc2ccc(C(C)(C)C)cc2)cc2ccccc21. The van der Waals surface area contributed by atoms with Gasteiger partial charge in [-0.15, -0.1) is 18.2 Å². The van der Waals surface area contributed by atoms with Crippen LogP contribution in [0.2, 0.25) is 0 Å². The fourth-order valence-corrected chi connectivity index (χ4v) is 3.49. The van der Waals surface area contributed by atoms with Crippen molar-refractivity contribution in [2.75, 3.05) is 0 Å². The first-order valence-electron chi connectivity index (χ1n) is 10.1. The van der Waals surface area contributed by atoms with Gasteiger partial charge in [-0.3, -0.25) is 4.79 Å². The summed E-state index contributed by atoms with van der Waals surface area (Å²) in [5.74, 6) is -0.122. The predicted molar refractivity (Wildman–Crippen MR) is 127 cm³/mol. The summed E-state index contributed by atoms with van der Waals surface area (Å²) >= 11 is 6.27. The summed E-state index contributed by atoms with van der Waals surface area (Å²) in [6.45, 7) is 15.3. The molecule has 0 spiro atoms. The molecule has 156 valence electrons. The second kappa shape index (κ2) is 8.93. The van der Waals surface area contributed by atoms with Crippen LogP contribution in [0.25, 0.3) is 10.9 Å². The van der Waals surface area contributed by atoms with E-state index in [9.17, 15) is 4.79 Å². The number of alkyl halides is 1. The lowest BCUT2D eigenvalue weighted by Crippen LogP contribution is -2.26. The molecule has 0 saturated heterocycles. The normalized spacial score (nSPS) is 12.5. The van der Waals surface area contributed by atoms with Crippen molar-refractivity contribution in [2.45, 2.75) is 44.7 Å². The molecule has 4 heteroatoms. The number of hydrogen-bond acceptors (Lipinski definition) is 1. The zero-order chi connectivity index (χ0) is 21.9. The fourth-order valence-electron chi connectivity index (χ4n) is 3.42. The van der Waals surface area contributed by atoms with Gasteiger partial charge in [-0.25, -0.2) is 0 Å². The number of nitrogens with one attached hydrogen (secondary N) is 1. The molecular weight excluding hydrogens is 392 g/mol. The smallest absolute Gasteiger partial charge is 0.268 e. The number of amides is 1. The van der Waals surface area contributed by atoms with E-state index in [0.29, 0.717) is 18.8 Å². The van der Waals surface area contributed by atoms with Gasteiger partial charge in [0.1, 0.15) is 5.69 Å². The van der Waals surface area contributed by atoms with Gasteiger partial charge in [0.2, 0.25) is 0 Å². The molecular formula is C26H29ClN2O. The number of halogens is 1. The molecule has 0 aliphatic rings. The van der Waals surface area contributed by atoms with Gasteiger partial charge in [0, 0.05) is 24.0 Å². The number of nitrogens with zero attached hydrogens (tertiary/aromatic N) is 1. The van der Waals surface area contributed by atoms with Gasteiger partial charge in [0.25, 0.3) is 5.91 Å². The van der Waals surface area contributed by atoms with E-state index in [4.69, 9.17) is 11.6 Å². The second-order valence-corrected chi connectivity index (χ2v) is 9.07. The lowest BCUT2D eigenvalue weighted by atomic mass is 9.87. The van der Waals surface area contributed by atoms with Crippen molar-refractivity contribution >= 4 is 28.4 Å². The van der Waals surface area contributed by atoms with E-state index >= 15 is 0 Å². The second-order valence-electron chi connectivity index (χ2n) is 8.60. The molecule has 3 nitrogen and oxygen atoms in total. The van der Waals surface area contributed by atoms with Crippen LogP contribution in [0.5, 0.6) is 0 Å². The Morgan fingerprint density at radius 3 is 2.47 bits per heavy atom. The molecule has 0 radical (unpaired) electrons. The molecule has 0 saturated carbocycles. The van der Waals surface area contributed by atoms with Gasteiger partial charge < -0.3 is 9.88 Å². The summed E-state index contributed by atoms with van der Waals surface area (Å²) in [6, 6.07) is 18.2. The monoisotopic (exact) mass is 420 g/mol. The molecule has 1 aromatic heterocycles. The maximum absolute atomic E-state index is 13.0. The van der Waals surface area contributed by atoms with Gasteiger partial charge in [-0.2, -0.15) is 0 Å². The summed E-state index contributed by atoms with van der Waals surface area (Å²) in [5, 5.41) is 3.71. The molecule has 3 aromatic rings. The quantitative estimate of drug-likeness (QED) is 0.357. The van der Waals surface area contributed by atoms with Crippen molar-refractivity contribution in [2.24, 2.45) is 0 Å². The first kappa shape index (κ1) is 21.9. The van der Waals surface area contributed by atoms with Crippen LogP contribution >= 0.6 is 11.6 Å². The zero-order valence-corrected chi connectivity index (χ0v) is 18.7. The number of carbonyl (C=O) groups is 1. The van der Waals surface area contributed by atoms with Crippen LogP contribution in [-0.4, -0.2) is 15.9 Å². The molecule has 0 fully saturated rings. The van der Waals surface area contributed by atoms with Crippen LogP contribution < -0.4 is 5.32 Å². The van der Waals surface area contributed by atoms with Gasteiger partial charge in [0.05, 0.1) is 5.38 Å². The highest BCUT2D eigenvalue weighted by Gasteiger charge is 2.18. The van der Waals surface area contributed by atoms with Crippen LogP contribution in [0.3, 0.4) is 0 Å². The molecule has 0 aliphatic carbocycles. The van der Waals surface area contributed by atoms with E-state index in [0.717, 1.165) is 22.0 Å². The molecule has 1 amide bonds. The Balaban J connectivity index is 1.81. The largest absolute Gasteiger partial charge is 0.347 e. The van der Waals surface area contributed by atoms with Gasteiger partial charge in [0.15, 0.2) is 0 Å². The minimum Gasteiger partial charge on any atom is -0.347 e. The van der Waals surface area contributed by atoms with Crippen molar-refractivity contribution in [3.8, 4) is 0 Å². The number of carbonyl (C=O) groups excluding carboxylic acids is 1.